The van der Waals surface area contributed by atoms with Gasteiger partial charge in [-0.25, -0.2) is 0 Å². The third kappa shape index (κ3) is 3.32. The second kappa shape index (κ2) is 6.13. The van der Waals surface area contributed by atoms with Crippen LogP contribution in [0.1, 0.15) is 0 Å². The Morgan fingerprint density at radius 2 is 1.75 bits per heavy atom. The Bertz CT molecular complexity index is 143. The van der Waals surface area contributed by atoms with E-state index in [9.17, 15) is 0 Å². The van der Waals surface area contributed by atoms with Crippen LogP contribution in [0.25, 0.3) is 0 Å². The lowest BCUT2D eigenvalue weighted by molar-refractivity contribution is 0.113. The molecule has 3 nitrogen and oxygen atoms in total. The Morgan fingerprint density at radius 3 is 2.08 bits per heavy atom. The molecule has 0 atom stereocenters. The normalized spacial score (nSPS) is 11.2. The average Bonchev–Trinajstić information content (AvgIpc) is 2.13. The lowest BCUT2D eigenvalue weighted by Gasteiger charge is -2.24. The first kappa shape index (κ1) is 11.6. The third-order valence-electron chi connectivity index (χ3n) is 1.44. The average molecular weight is 188 g/mol. The smallest absolute Gasteiger partial charge is 0.377 e. The van der Waals surface area contributed by atoms with Crippen molar-refractivity contribution >= 4 is 8.80 Å². The van der Waals surface area contributed by atoms with Gasteiger partial charge in [-0.2, -0.15) is 0 Å². The van der Waals surface area contributed by atoms with E-state index in [0.29, 0.717) is 12.7 Å². The zero-order chi connectivity index (χ0) is 9.45. The molecule has 0 aromatic rings. The van der Waals surface area contributed by atoms with E-state index >= 15 is 0 Å². The molecule has 0 aliphatic heterocycles. The first-order valence-corrected chi connectivity index (χ1v) is 5.64. The highest BCUT2D eigenvalue weighted by Gasteiger charge is 2.36. The second-order valence-electron chi connectivity index (χ2n) is 2.18. The van der Waals surface area contributed by atoms with Crippen LogP contribution < -0.4 is 0 Å². The highest BCUT2D eigenvalue weighted by molar-refractivity contribution is 6.61. The molecule has 0 bridgehead atoms. The zero-order valence-electron chi connectivity index (χ0n) is 7.71. The van der Waals surface area contributed by atoms with Gasteiger partial charge in [0.15, 0.2) is 0 Å². The fourth-order valence-electron chi connectivity index (χ4n) is 0.789. The maximum absolute atomic E-state index is 5.42. The van der Waals surface area contributed by atoms with Crippen molar-refractivity contribution < 1.29 is 13.3 Å². The lowest BCUT2D eigenvalue weighted by atomic mass is 10.7. The van der Waals surface area contributed by atoms with E-state index in [4.69, 9.17) is 13.3 Å². The van der Waals surface area contributed by atoms with E-state index in [1.807, 2.05) is 0 Å². The summed E-state index contributed by atoms with van der Waals surface area (Å²) in [6, 6.07) is 0.619. The quantitative estimate of drug-likeness (QED) is 0.449. The Balaban J connectivity index is 4.12. The summed E-state index contributed by atoms with van der Waals surface area (Å²) in [5.41, 5.74) is 0. The minimum atomic E-state index is -2.45. The molecule has 0 aromatic carbocycles. The van der Waals surface area contributed by atoms with Gasteiger partial charge in [-0.3, -0.25) is 0 Å². The fourth-order valence-corrected chi connectivity index (χ4v) is 2.37. The molecule has 0 spiro atoms. The van der Waals surface area contributed by atoms with Crippen LogP contribution in [0.4, 0.5) is 0 Å². The predicted molar refractivity (Wildman–Crippen MR) is 50.9 cm³/mol. The highest BCUT2D eigenvalue weighted by atomic mass is 28.4. The lowest BCUT2D eigenvalue weighted by Crippen LogP contribution is -2.43. The molecule has 0 unspecified atom stereocenters. The van der Waals surface area contributed by atoms with Crippen molar-refractivity contribution in [3.63, 3.8) is 0 Å². The van der Waals surface area contributed by atoms with Gasteiger partial charge in [-0.15, -0.1) is 13.2 Å². The van der Waals surface area contributed by atoms with Crippen LogP contribution in [-0.2, 0) is 13.3 Å². The largest absolute Gasteiger partial charge is 0.504 e. The number of rotatable bonds is 7. The second-order valence-corrected chi connectivity index (χ2v) is 5.06. The van der Waals surface area contributed by atoms with Gasteiger partial charge < -0.3 is 13.3 Å². The van der Waals surface area contributed by atoms with Crippen LogP contribution >= 0.6 is 0 Å². The van der Waals surface area contributed by atoms with Crippen molar-refractivity contribution in [2.45, 2.75) is 6.04 Å². The third-order valence-corrected chi connectivity index (χ3v) is 4.08. The number of hydrogen-bond acceptors (Lipinski definition) is 3. The molecule has 0 aromatic heterocycles. The van der Waals surface area contributed by atoms with Gasteiger partial charge in [-0.05, 0) is 0 Å². The molecule has 0 heterocycles. The van der Waals surface area contributed by atoms with Gasteiger partial charge >= 0.3 is 8.80 Å². The maximum atomic E-state index is 5.42. The van der Waals surface area contributed by atoms with Crippen molar-refractivity contribution in [2.75, 3.05) is 20.8 Å². The molecule has 12 heavy (non-hydrogen) atoms. The Hall–Kier alpha value is -0.423. The molecule has 4 heteroatoms. The monoisotopic (exact) mass is 188 g/mol. The van der Waals surface area contributed by atoms with E-state index in [0.717, 1.165) is 0 Å². The summed E-state index contributed by atoms with van der Waals surface area (Å²) in [6.45, 7) is 7.62. The molecule has 0 saturated carbocycles. The summed E-state index contributed by atoms with van der Waals surface area (Å²) in [5.74, 6) is 0. The topological polar surface area (TPSA) is 27.7 Å². The van der Waals surface area contributed by atoms with E-state index in [2.05, 4.69) is 13.2 Å². The van der Waals surface area contributed by atoms with Crippen LogP contribution in [0.3, 0.4) is 0 Å². The Labute approximate surface area is 75.0 Å². The van der Waals surface area contributed by atoms with Gasteiger partial charge in [0.05, 0.1) is 6.61 Å². The molecule has 0 amide bonds. The standard InChI is InChI=1S/C8H16O3Si/c1-5-7-11-12(9-3,10-4)8-6-2/h5-6H,1-2,7-8H2,3-4H3. The highest BCUT2D eigenvalue weighted by Crippen LogP contribution is 2.13. The minimum Gasteiger partial charge on any atom is -0.377 e. The van der Waals surface area contributed by atoms with Crippen molar-refractivity contribution in [1.82, 2.24) is 0 Å². The molecule has 0 aliphatic rings. The molecule has 0 aliphatic carbocycles. The first-order valence-electron chi connectivity index (χ1n) is 3.70. The van der Waals surface area contributed by atoms with Crippen LogP contribution in [0.15, 0.2) is 25.3 Å². The van der Waals surface area contributed by atoms with Gasteiger partial charge in [0.2, 0.25) is 0 Å². The number of allylic oxidation sites excluding steroid dienone is 1. The van der Waals surface area contributed by atoms with Gasteiger partial charge in [0.1, 0.15) is 0 Å². The summed E-state index contributed by atoms with van der Waals surface area (Å²) < 4.78 is 15.8. The van der Waals surface area contributed by atoms with Gasteiger partial charge in [0.25, 0.3) is 0 Å². The van der Waals surface area contributed by atoms with E-state index in [1.54, 1.807) is 26.4 Å². The van der Waals surface area contributed by atoms with Crippen LogP contribution in [0.2, 0.25) is 6.04 Å². The van der Waals surface area contributed by atoms with E-state index in [-0.39, 0.29) is 0 Å². The molecule has 70 valence electrons. The molecule has 0 radical (unpaired) electrons. The predicted octanol–water partition coefficient (Wildman–Crippen LogP) is 1.61. The molecule has 0 saturated heterocycles. The van der Waals surface area contributed by atoms with Crippen molar-refractivity contribution in [3.8, 4) is 0 Å². The summed E-state index contributed by atoms with van der Waals surface area (Å²) in [7, 11) is 0.718. The fraction of sp³-hybridized carbons (Fsp3) is 0.500. The summed E-state index contributed by atoms with van der Waals surface area (Å²) in [5, 5.41) is 0. The summed E-state index contributed by atoms with van der Waals surface area (Å²) >= 11 is 0. The Kier molecular flexibility index (Phi) is 5.92. The zero-order valence-corrected chi connectivity index (χ0v) is 8.71. The molecule has 0 fully saturated rings. The molecular weight excluding hydrogens is 172 g/mol. The van der Waals surface area contributed by atoms with E-state index in [1.165, 1.54) is 0 Å². The van der Waals surface area contributed by atoms with Crippen LogP contribution in [-0.4, -0.2) is 29.6 Å². The first-order chi connectivity index (χ1) is 5.74. The molecule has 0 rings (SSSR count). The van der Waals surface area contributed by atoms with Gasteiger partial charge in [0, 0.05) is 20.3 Å². The minimum absolute atomic E-state index is 0.446. The van der Waals surface area contributed by atoms with Crippen LogP contribution in [0, 0.1) is 0 Å². The maximum Gasteiger partial charge on any atom is 0.504 e. The summed E-state index contributed by atoms with van der Waals surface area (Å²) in [6.07, 6.45) is 3.41. The SMILES string of the molecule is C=CCO[Si](CC=C)(OC)OC. The van der Waals surface area contributed by atoms with Crippen molar-refractivity contribution in [3.05, 3.63) is 25.3 Å². The van der Waals surface area contributed by atoms with Crippen molar-refractivity contribution in [2.24, 2.45) is 0 Å². The van der Waals surface area contributed by atoms with Crippen LogP contribution in [0.5, 0.6) is 0 Å². The summed E-state index contributed by atoms with van der Waals surface area (Å²) in [4.78, 5) is 0. The Morgan fingerprint density at radius 1 is 1.17 bits per heavy atom. The van der Waals surface area contributed by atoms with E-state index < -0.39 is 8.80 Å². The molecular formula is C8H16O3Si. The van der Waals surface area contributed by atoms with Gasteiger partial charge in [-0.1, -0.05) is 12.2 Å². The number of hydrogen-bond donors (Lipinski definition) is 0. The molecule has 0 N–H and O–H groups in total. The van der Waals surface area contributed by atoms with Crippen molar-refractivity contribution in [1.29, 1.82) is 0 Å².